The highest BCUT2D eigenvalue weighted by atomic mass is 35.5. The van der Waals surface area contributed by atoms with Crippen LogP contribution in [0.3, 0.4) is 0 Å². The highest BCUT2D eigenvalue weighted by molar-refractivity contribution is 6.36. The van der Waals surface area contributed by atoms with Gasteiger partial charge < -0.3 is 9.84 Å². The molecular weight excluding hydrogens is 450 g/mol. The fourth-order valence-corrected chi connectivity index (χ4v) is 4.92. The predicted octanol–water partition coefficient (Wildman–Crippen LogP) is 6.86. The van der Waals surface area contributed by atoms with Crippen LogP contribution < -0.4 is 4.74 Å². The molecule has 0 amide bonds. The van der Waals surface area contributed by atoms with Gasteiger partial charge in [0.05, 0.1) is 0 Å². The van der Waals surface area contributed by atoms with E-state index < -0.39 is 0 Å². The number of ketones is 1. The van der Waals surface area contributed by atoms with Crippen molar-refractivity contribution in [2.45, 2.75) is 38.5 Å². The van der Waals surface area contributed by atoms with Crippen molar-refractivity contribution >= 4 is 29.0 Å². The lowest BCUT2D eigenvalue weighted by molar-refractivity contribution is -0.118. The van der Waals surface area contributed by atoms with Crippen LogP contribution >= 0.6 is 23.2 Å². The quantitative estimate of drug-likeness (QED) is 0.425. The molecule has 3 aromatic rings. The van der Waals surface area contributed by atoms with Crippen LogP contribution in [0.4, 0.5) is 4.39 Å². The zero-order valence-electron chi connectivity index (χ0n) is 17.6. The normalized spacial score (nSPS) is 15.3. The molecule has 0 aliphatic heterocycles. The molecule has 0 saturated carbocycles. The maximum absolute atomic E-state index is 13.7. The average molecular weight is 473 g/mol. The third-order valence-electron chi connectivity index (χ3n) is 5.82. The standard InChI is InChI=1S/C26H23Cl2FO3/c1-15(30)14-32-19-12-24(27)23(25(28)13-19)10-16-5-8-26(31)22(9-16)21-4-2-3-17-11-18(29)6-7-20(17)21/h5-9,11-13,21,31H,2-4,10,14H2,1H3. The Morgan fingerprint density at radius 1 is 1.09 bits per heavy atom. The van der Waals surface area contributed by atoms with Crippen molar-refractivity contribution in [3.63, 3.8) is 0 Å². The Bertz CT molecular complexity index is 1150. The molecule has 1 atom stereocenters. The first-order chi connectivity index (χ1) is 15.3. The van der Waals surface area contributed by atoms with E-state index in [9.17, 15) is 14.3 Å². The van der Waals surface area contributed by atoms with Gasteiger partial charge in [-0.15, -0.1) is 0 Å². The molecule has 1 N–H and O–H groups in total. The van der Waals surface area contributed by atoms with Gasteiger partial charge in [0.2, 0.25) is 0 Å². The number of benzene rings is 3. The molecule has 32 heavy (non-hydrogen) atoms. The average Bonchev–Trinajstić information content (AvgIpc) is 2.75. The summed E-state index contributed by atoms with van der Waals surface area (Å²) in [7, 11) is 0. The Morgan fingerprint density at radius 3 is 2.56 bits per heavy atom. The molecule has 1 aliphatic rings. The van der Waals surface area contributed by atoms with Crippen LogP contribution in [0.5, 0.6) is 11.5 Å². The lowest BCUT2D eigenvalue weighted by Crippen LogP contribution is -2.12. The summed E-state index contributed by atoms with van der Waals surface area (Å²) < 4.78 is 19.1. The minimum Gasteiger partial charge on any atom is -0.508 e. The Labute approximate surface area is 196 Å². The summed E-state index contributed by atoms with van der Waals surface area (Å²) in [6, 6.07) is 13.7. The number of hydrogen-bond donors (Lipinski definition) is 1. The predicted molar refractivity (Wildman–Crippen MR) is 125 cm³/mol. The van der Waals surface area contributed by atoms with Gasteiger partial charge in [0.1, 0.15) is 23.9 Å². The van der Waals surface area contributed by atoms with E-state index in [0.29, 0.717) is 22.2 Å². The molecule has 3 aromatic carbocycles. The molecule has 0 fully saturated rings. The molecule has 0 saturated heterocycles. The fraction of sp³-hybridized carbons (Fsp3) is 0.269. The fourth-order valence-electron chi connectivity index (χ4n) is 4.32. The number of hydrogen-bond acceptors (Lipinski definition) is 3. The van der Waals surface area contributed by atoms with Gasteiger partial charge in [0.25, 0.3) is 0 Å². The summed E-state index contributed by atoms with van der Waals surface area (Å²) in [5.41, 5.74) is 4.58. The number of halogens is 3. The SMILES string of the molecule is CC(=O)COc1cc(Cl)c(Cc2ccc(O)c(C3CCCc4cc(F)ccc43)c2)c(Cl)c1. The van der Waals surface area contributed by atoms with Crippen molar-refractivity contribution < 1.29 is 19.0 Å². The van der Waals surface area contributed by atoms with Gasteiger partial charge >= 0.3 is 0 Å². The molecule has 4 rings (SSSR count). The van der Waals surface area contributed by atoms with Gasteiger partial charge in [-0.05, 0) is 78.8 Å². The highest BCUT2D eigenvalue weighted by Gasteiger charge is 2.25. The van der Waals surface area contributed by atoms with E-state index in [-0.39, 0.29) is 29.9 Å². The molecule has 0 radical (unpaired) electrons. The minimum absolute atomic E-state index is 0.00704. The van der Waals surface area contributed by atoms with Crippen LogP contribution in [0.25, 0.3) is 0 Å². The monoisotopic (exact) mass is 472 g/mol. The van der Waals surface area contributed by atoms with Crippen LogP contribution in [-0.2, 0) is 17.6 Å². The lowest BCUT2D eigenvalue weighted by atomic mass is 9.78. The number of carbonyl (C=O) groups excluding carboxylic acids is 1. The van der Waals surface area contributed by atoms with E-state index in [4.69, 9.17) is 27.9 Å². The van der Waals surface area contributed by atoms with Crippen LogP contribution in [0, 0.1) is 5.82 Å². The molecule has 0 spiro atoms. The van der Waals surface area contributed by atoms with Gasteiger partial charge in [0, 0.05) is 27.9 Å². The molecule has 0 bridgehead atoms. The first-order valence-electron chi connectivity index (χ1n) is 10.5. The first-order valence-corrected chi connectivity index (χ1v) is 11.3. The summed E-state index contributed by atoms with van der Waals surface area (Å²) in [6.45, 7) is 1.40. The van der Waals surface area contributed by atoms with E-state index in [1.165, 1.54) is 13.0 Å². The van der Waals surface area contributed by atoms with Crippen LogP contribution in [-0.4, -0.2) is 17.5 Å². The summed E-state index contributed by atoms with van der Waals surface area (Å²) in [6.07, 6.45) is 3.14. The lowest BCUT2D eigenvalue weighted by Gasteiger charge is -2.27. The number of ether oxygens (including phenoxy) is 1. The van der Waals surface area contributed by atoms with E-state index in [1.54, 1.807) is 24.3 Å². The van der Waals surface area contributed by atoms with Gasteiger partial charge in [-0.25, -0.2) is 4.39 Å². The summed E-state index contributed by atoms with van der Waals surface area (Å²) in [4.78, 5) is 11.1. The van der Waals surface area contributed by atoms with Crippen molar-refractivity contribution in [3.05, 3.63) is 92.2 Å². The van der Waals surface area contributed by atoms with E-state index in [2.05, 4.69) is 0 Å². The molecule has 1 aliphatic carbocycles. The number of aromatic hydroxyl groups is 1. The largest absolute Gasteiger partial charge is 0.508 e. The third-order valence-corrected chi connectivity index (χ3v) is 6.50. The number of phenols is 1. The summed E-state index contributed by atoms with van der Waals surface area (Å²) in [5.74, 6) is 0.345. The molecule has 1 unspecified atom stereocenters. The molecule has 6 heteroatoms. The Morgan fingerprint density at radius 2 is 1.84 bits per heavy atom. The zero-order chi connectivity index (χ0) is 22.8. The zero-order valence-corrected chi connectivity index (χ0v) is 19.1. The molecule has 0 aromatic heterocycles. The number of aryl methyl sites for hydroxylation is 1. The molecular formula is C26H23Cl2FO3. The topological polar surface area (TPSA) is 46.5 Å². The van der Waals surface area contributed by atoms with Crippen LogP contribution in [0.15, 0.2) is 48.5 Å². The maximum atomic E-state index is 13.7. The van der Waals surface area contributed by atoms with E-state index in [0.717, 1.165) is 47.1 Å². The van der Waals surface area contributed by atoms with Gasteiger partial charge in [0.15, 0.2) is 5.78 Å². The molecule has 3 nitrogen and oxygen atoms in total. The van der Waals surface area contributed by atoms with Crippen molar-refractivity contribution in [3.8, 4) is 11.5 Å². The smallest absolute Gasteiger partial charge is 0.167 e. The van der Waals surface area contributed by atoms with Crippen LogP contribution in [0.2, 0.25) is 10.0 Å². The number of rotatable bonds is 6. The Kier molecular flexibility index (Phi) is 6.73. The summed E-state index contributed by atoms with van der Waals surface area (Å²) in [5, 5.41) is 11.5. The second kappa shape index (κ2) is 9.51. The number of Topliss-reactive ketones (excluding diaryl/α,β-unsaturated/α-hetero) is 1. The third kappa shape index (κ3) is 4.92. The Hall–Kier alpha value is -2.56. The second-order valence-electron chi connectivity index (χ2n) is 8.21. The maximum Gasteiger partial charge on any atom is 0.167 e. The van der Waals surface area contributed by atoms with Gasteiger partial charge in [-0.3, -0.25) is 4.79 Å². The highest BCUT2D eigenvalue weighted by Crippen LogP contribution is 2.41. The van der Waals surface area contributed by atoms with Crippen molar-refractivity contribution in [1.82, 2.24) is 0 Å². The summed E-state index contributed by atoms with van der Waals surface area (Å²) >= 11 is 12.9. The van der Waals surface area contributed by atoms with Crippen molar-refractivity contribution in [1.29, 1.82) is 0 Å². The molecule has 166 valence electrons. The van der Waals surface area contributed by atoms with Gasteiger partial charge in [-0.1, -0.05) is 41.4 Å². The van der Waals surface area contributed by atoms with Gasteiger partial charge in [-0.2, -0.15) is 0 Å². The van der Waals surface area contributed by atoms with E-state index in [1.807, 2.05) is 18.2 Å². The molecule has 0 heterocycles. The first kappa shape index (κ1) is 22.6. The van der Waals surface area contributed by atoms with Crippen molar-refractivity contribution in [2.75, 3.05) is 6.61 Å². The second-order valence-corrected chi connectivity index (χ2v) is 9.03. The number of fused-ring (bicyclic) bond motifs is 1. The van der Waals surface area contributed by atoms with Crippen molar-refractivity contribution in [2.24, 2.45) is 0 Å². The Balaban J connectivity index is 1.63. The van der Waals surface area contributed by atoms with Crippen LogP contribution in [0.1, 0.15) is 53.5 Å². The van der Waals surface area contributed by atoms with E-state index >= 15 is 0 Å². The number of phenolic OH excluding ortho intramolecular Hbond substituents is 1. The minimum atomic E-state index is -0.234. The number of carbonyl (C=O) groups is 1.